The van der Waals surface area contributed by atoms with Gasteiger partial charge in [0.25, 0.3) is 5.91 Å². The van der Waals surface area contributed by atoms with Crippen LogP contribution in [0.25, 0.3) is 0 Å². The van der Waals surface area contributed by atoms with Crippen molar-refractivity contribution in [3.05, 3.63) is 23.8 Å². The lowest BCUT2D eigenvalue weighted by Crippen LogP contribution is -2.49. The number of carboxylic acid groups (broad SMARTS) is 1. The Labute approximate surface area is 110 Å². The average molecular weight is 267 g/mol. The van der Waals surface area contributed by atoms with Crippen molar-refractivity contribution in [2.75, 3.05) is 0 Å². The average Bonchev–Trinajstić information content (AvgIpc) is 2.27. The second kappa shape index (κ2) is 5.17. The third-order valence-corrected chi connectivity index (χ3v) is 2.63. The van der Waals surface area contributed by atoms with Crippen LogP contribution >= 0.6 is 0 Å². The summed E-state index contributed by atoms with van der Waals surface area (Å²) in [6.45, 7) is 5.08. The molecule has 1 atom stereocenters. The molecule has 1 aromatic carbocycles. The van der Waals surface area contributed by atoms with Gasteiger partial charge in [0.2, 0.25) is 0 Å². The molecule has 104 valence electrons. The minimum atomic E-state index is -1.14. The summed E-state index contributed by atoms with van der Waals surface area (Å²) in [4.78, 5) is 23.0. The number of carbonyl (C=O) groups is 2. The van der Waals surface area contributed by atoms with Gasteiger partial charge in [0.05, 0.1) is 0 Å². The highest BCUT2D eigenvalue weighted by Gasteiger charge is 2.32. The molecule has 1 rings (SSSR count). The molecule has 0 fully saturated rings. The zero-order valence-corrected chi connectivity index (χ0v) is 11.0. The Hall–Kier alpha value is -2.24. The number of phenols is 2. The zero-order valence-electron chi connectivity index (χ0n) is 11.0. The molecule has 19 heavy (non-hydrogen) atoms. The molecule has 0 saturated carbocycles. The summed E-state index contributed by atoms with van der Waals surface area (Å²) in [5, 5.41) is 29.9. The Morgan fingerprint density at radius 2 is 1.74 bits per heavy atom. The van der Waals surface area contributed by atoms with Gasteiger partial charge in [-0.25, -0.2) is 4.79 Å². The summed E-state index contributed by atoms with van der Waals surface area (Å²) < 4.78 is 0. The molecule has 0 spiro atoms. The van der Waals surface area contributed by atoms with E-state index in [0.717, 1.165) is 12.1 Å². The third kappa shape index (κ3) is 3.61. The van der Waals surface area contributed by atoms with Crippen LogP contribution in [0.15, 0.2) is 18.2 Å². The van der Waals surface area contributed by atoms with Crippen LogP contribution in [0.5, 0.6) is 11.5 Å². The van der Waals surface area contributed by atoms with Crippen molar-refractivity contribution >= 4 is 11.9 Å². The first kappa shape index (κ1) is 14.8. The minimum absolute atomic E-state index is 0.0748. The molecule has 4 N–H and O–H groups in total. The molecule has 6 heteroatoms. The van der Waals surface area contributed by atoms with E-state index in [1.54, 1.807) is 20.8 Å². The molecule has 0 bridgehead atoms. The Kier molecular flexibility index (Phi) is 4.04. The molecule has 0 aliphatic rings. The number of aliphatic carboxylic acids is 1. The van der Waals surface area contributed by atoms with Crippen LogP contribution in [-0.2, 0) is 4.79 Å². The Bertz CT molecular complexity index is 504. The highest BCUT2D eigenvalue weighted by Crippen LogP contribution is 2.25. The molecule has 0 heterocycles. The normalized spacial score (nSPS) is 12.8. The van der Waals surface area contributed by atoms with E-state index in [1.807, 2.05) is 0 Å². The fourth-order valence-electron chi connectivity index (χ4n) is 1.53. The van der Waals surface area contributed by atoms with Crippen LogP contribution in [0, 0.1) is 5.41 Å². The monoisotopic (exact) mass is 267 g/mol. The molecule has 0 saturated heterocycles. The first-order valence-corrected chi connectivity index (χ1v) is 5.68. The summed E-state index contributed by atoms with van der Waals surface area (Å²) in [6, 6.07) is 2.48. The van der Waals surface area contributed by atoms with Gasteiger partial charge < -0.3 is 20.6 Å². The maximum absolute atomic E-state index is 11.9. The fraction of sp³-hybridized carbons (Fsp3) is 0.385. The van der Waals surface area contributed by atoms with E-state index in [2.05, 4.69) is 5.32 Å². The lowest BCUT2D eigenvalue weighted by molar-refractivity contribution is -0.142. The van der Waals surface area contributed by atoms with Crippen LogP contribution < -0.4 is 5.32 Å². The van der Waals surface area contributed by atoms with Crippen LogP contribution in [0.4, 0.5) is 0 Å². The quantitative estimate of drug-likeness (QED) is 0.618. The van der Waals surface area contributed by atoms with E-state index < -0.39 is 29.1 Å². The van der Waals surface area contributed by atoms with E-state index >= 15 is 0 Å². The number of aromatic hydroxyl groups is 2. The van der Waals surface area contributed by atoms with E-state index in [-0.39, 0.29) is 11.3 Å². The summed E-state index contributed by atoms with van der Waals surface area (Å²) in [6.07, 6.45) is 0. The van der Waals surface area contributed by atoms with Gasteiger partial charge >= 0.3 is 5.97 Å². The van der Waals surface area contributed by atoms with Crippen molar-refractivity contribution in [2.45, 2.75) is 26.8 Å². The van der Waals surface area contributed by atoms with Crippen molar-refractivity contribution < 1.29 is 24.9 Å². The molecular formula is C13H17NO5. The maximum atomic E-state index is 11.9. The molecule has 6 nitrogen and oxygen atoms in total. The number of nitrogens with one attached hydrogen (secondary N) is 1. The van der Waals surface area contributed by atoms with Gasteiger partial charge in [-0.05, 0) is 23.6 Å². The van der Waals surface area contributed by atoms with Gasteiger partial charge in [-0.15, -0.1) is 0 Å². The Morgan fingerprint density at radius 3 is 2.16 bits per heavy atom. The Balaban J connectivity index is 2.94. The maximum Gasteiger partial charge on any atom is 0.326 e. The predicted octanol–water partition coefficient (Wildman–Crippen LogP) is 1.33. The molecule has 0 aromatic heterocycles. The van der Waals surface area contributed by atoms with E-state index in [4.69, 9.17) is 10.2 Å². The number of carbonyl (C=O) groups excluding carboxylic acids is 1. The number of carboxylic acids is 1. The molecule has 1 aromatic rings. The number of hydrogen-bond donors (Lipinski definition) is 4. The first-order valence-electron chi connectivity index (χ1n) is 5.68. The van der Waals surface area contributed by atoms with Crippen LogP contribution in [0.3, 0.4) is 0 Å². The highest BCUT2D eigenvalue weighted by molar-refractivity contribution is 5.97. The molecule has 1 amide bonds. The second-order valence-corrected chi connectivity index (χ2v) is 5.31. The largest absolute Gasteiger partial charge is 0.504 e. The topological polar surface area (TPSA) is 107 Å². The van der Waals surface area contributed by atoms with Crippen molar-refractivity contribution in [1.82, 2.24) is 5.32 Å². The first-order chi connectivity index (χ1) is 8.62. The molecular weight excluding hydrogens is 250 g/mol. The summed E-state index contributed by atoms with van der Waals surface area (Å²) >= 11 is 0. The van der Waals surface area contributed by atoms with Gasteiger partial charge in [0.15, 0.2) is 11.5 Å². The smallest absolute Gasteiger partial charge is 0.326 e. The molecule has 0 radical (unpaired) electrons. The lowest BCUT2D eigenvalue weighted by atomic mass is 9.86. The standard InChI is InChI=1S/C13H17NO5/c1-13(2,3)10(12(18)19)14-11(17)7-4-5-8(15)9(16)6-7/h4-6,10,15-16H,1-3H3,(H,14,17)(H,18,19). The number of amides is 1. The van der Waals surface area contributed by atoms with Gasteiger partial charge in [-0.2, -0.15) is 0 Å². The summed E-state index contributed by atoms with van der Waals surface area (Å²) in [5.74, 6) is -2.54. The summed E-state index contributed by atoms with van der Waals surface area (Å²) in [5.41, 5.74) is -0.578. The van der Waals surface area contributed by atoms with Crippen molar-refractivity contribution in [3.63, 3.8) is 0 Å². The predicted molar refractivity (Wildman–Crippen MR) is 68.1 cm³/mol. The number of rotatable bonds is 3. The van der Waals surface area contributed by atoms with Crippen molar-refractivity contribution in [3.8, 4) is 11.5 Å². The van der Waals surface area contributed by atoms with E-state index in [9.17, 15) is 14.7 Å². The zero-order chi connectivity index (χ0) is 14.8. The van der Waals surface area contributed by atoms with Gasteiger partial charge in [-0.3, -0.25) is 4.79 Å². The Morgan fingerprint density at radius 1 is 1.16 bits per heavy atom. The summed E-state index contributed by atoms with van der Waals surface area (Å²) in [7, 11) is 0. The van der Waals surface area contributed by atoms with Crippen LogP contribution in [-0.4, -0.2) is 33.2 Å². The van der Waals surface area contributed by atoms with Gasteiger partial charge in [-0.1, -0.05) is 20.8 Å². The minimum Gasteiger partial charge on any atom is -0.504 e. The van der Waals surface area contributed by atoms with E-state index in [1.165, 1.54) is 6.07 Å². The molecule has 0 aliphatic carbocycles. The van der Waals surface area contributed by atoms with Gasteiger partial charge in [0.1, 0.15) is 6.04 Å². The lowest BCUT2D eigenvalue weighted by Gasteiger charge is -2.27. The number of phenolic OH excluding ortho intramolecular Hbond substituents is 2. The van der Waals surface area contributed by atoms with Crippen molar-refractivity contribution in [1.29, 1.82) is 0 Å². The third-order valence-electron chi connectivity index (χ3n) is 2.63. The molecule has 0 aliphatic heterocycles. The second-order valence-electron chi connectivity index (χ2n) is 5.31. The van der Waals surface area contributed by atoms with Crippen molar-refractivity contribution in [2.24, 2.45) is 5.41 Å². The highest BCUT2D eigenvalue weighted by atomic mass is 16.4. The van der Waals surface area contributed by atoms with Crippen LogP contribution in [0.2, 0.25) is 0 Å². The molecule has 1 unspecified atom stereocenters. The fourth-order valence-corrected chi connectivity index (χ4v) is 1.53. The number of benzene rings is 1. The van der Waals surface area contributed by atoms with Gasteiger partial charge in [0, 0.05) is 5.56 Å². The number of hydrogen-bond acceptors (Lipinski definition) is 4. The van der Waals surface area contributed by atoms with Crippen LogP contribution in [0.1, 0.15) is 31.1 Å². The van der Waals surface area contributed by atoms with E-state index in [0.29, 0.717) is 0 Å². The SMILES string of the molecule is CC(C)(C)C(NC(=O)c1ccc(O)c(O)c1)C(=O)O.